The summed E-state index contributed by atoms with van der Waals surface area (Å²) >= 11 is 0. The van der Waals surface area contributed by atoms with Crippen molar-refractivity contribution in [2.45, 2.75) is 12.3 Å². The summed E-state index contributed by atoms with van der Waals surface area (Å²) in [7, 11) is 0. The van der Waals surface area contributed by atoms with E-state index in [0.717, 1.165) is 0 Å². The first-order valence-electron chi connectivity index (χ1n) is 2.16. The number of hydrogen-bond donors (Lipinski definition) is 3. The molecule has 1 atom stereocenters. The minimum Gasteiger partial charge on any atom is -0.382 e. The summed E-state index contributed by atoms with van der Waals surface area (Å²) in [4.78, 5) is 0. The van der Waals surface area contributed by atoms with Crippen molar-refractivity contribution in [2.75, 3.05) is 6.54 Å². The second-order valence-electron chi connectivity index (χ2n) is 1.47. The molecule has 11 heavy (non-hydrogen) atoms. The van der Waals surface area contributed by atoms with Gasteiger partial charge in [-0.05, 0) is 0 Å². The van der Waals surface area contributed by atoms with E-state index in [0.29, 0.717) is 0 Å². The molecule has 0 aliphatic carbocycles. The van der Waals surface area contributed by atoms with Crippen molar-refractivity contribution in [3.05, 3.63) is 0 Å². The van der Waals surface area contributed by atoms with Gasteiger partial charge in [-0.1, -0.05) is 0 Å². The monoisotopic (exact) mass is 216 g/mol. The van der Waals surface area contributed by atoms with E-state index in [4.69, 9.17) is 5.11 Å². The summed E-state index contributed by atoms with van der Waals surface area (Å²) in [6.07, 6.45) is -6.95. The van der Waals surface area contributed by atoms with Crippen molar-refractivity contribution in [3.63, 3.8) is 0 Å². The Labute approximate surface area is 73.9 Å². The van der Waals surface area contributed by atoms with Gasteiger partial charge in [0.05, 0.1) is 0 Å². The summed E-state index contributed by atoms with van der Waals surface area (Å²) in [5.41, 5.74) is 1.70. The van der Waals surface area contributed by atoms with Gasteiger partial charge in [0.2, 0.25) is 0 Å². The first-order chi connectivity index (χ1) is 3.98. The third-order valence-electron chi connectivity index (χ3n) is 0.689. The predicted molar refractivity (Wildman–Crippen MR) is 38.7 cm³/mol. The van der Waals surface area contributed by atoms with Crippen molar-refractivity contribution < 1.29 is 18.3 Å². The van der Waals surface area contributed by atoms with Gasteiger partial charge in [0.25, 0.3) is 0 Å². The number of alkyl halides is 3. The van der Waals surface area contributed by atoms with Gasteiger partial charge in [-0.2, -0.15) is 13.2 Å². The van der Waals surface area contributed by atoms with Crippen LogP contribution in [-0.4, -0.2) is 23.9 Å². The average molecular weight is 217 g/mol. The zero-order valence-electron chi connectivity index (χ0n) is 5.26. The first-order valence-corrected chi connectivity index (χ1v) is 2.16. The quantitative estimate of drug-likeness (QED) is 0.458. The molecule has 0 saturated carbocycles. The molecular formula is C3H9Cl2F3N2O. The fraction of sp³-hybridized carbons (Fsp3) is 1.00. The third kappa shape index (κ3) is 8.15. The van der Waals surface area contributed by atoms with E-state index in [2.05, 4.69) is 5.84 Å². The van der Waals surface area contributed by atoms with Crippen LogP contribution in [0, 0.1) is 0 Å². The van der Waals surface area contributed by atoms with Crippen LogP contribution in [0.1, 0.15) is 0 Å². The summed E-state index contributed by atoms with van der Waals surface area (Å²) < 4.78 is 33.9. The minimum atomic E-state index is -4.58. The van der Waals surface area contributed by atoms with Gasteiger partial charge < -0.3 is 5.11 Å². The van der Waals surface area contributed by atoms with Crippen LogP contribution in [0.5, 0.6) is 0 Å². The average Bonchev–Trinajstić information content (AvgIpc) is 1.64. The summed E-state index contributed by atoms with van der Waals surface area (Å²) in [6, 6.07) is 0. The Morgan fingerprint density at radius 3 is 1.82 bits per heavy atom. The molecule has 0 heterocycles. The Hall–Kier alpha value is 0.250. The molecule has 0 fully saturated rings. The molecular weight excluding hydrogens is 208 g/mol. The molecule has 0 aromatic heterocycles. The highest BCUT2D eigenvalue weighted by Gasteiger charge is 2.37. The maximum absolute atomic E-state index is 11.3. The molecule has 0 radical (unpaired) electrons. The number of rotatable bonds is 2. The van der Waals surface area contributed by atoms with Crippen molar-refractivity contribution >= 4 is 24.8 Å². The van der Waals surface area contributed by atoms with E-state index >= 15 is 0 Å². The lowest BCUT2D eigenvalue weighted by Gasteiger charge is -2.12. The molecule has 1 unspecified atom stereocenters. The SMILES string of the molecule is Cl.Cl.NNCC(O)C(F)(F)F. The minimum absolute atomic E-state index is 0. The number of aliphatic hydroxyl groups is 1. The molecule has 8 heteroatoms. The van der Waals surface area contributed by atoms with Crippen molar-refractivity contribution in [1.29, 1.82) is 0 Å². The molecule has 0 aliphatic rings. The molecule has 0 rings (SSSR count). The number of hydrazine groups is 1. The second-order valence-corrected chi connectivity index (χ2v) is 1.47. The maximum atomic E-state index is 11.3. The topological polar surface area (TPSA) is 58.3 Å². The lowest BCUT2D eigenvalue weighted by molar-refractivity contribution is -0.201. The van der Waals surface area contributed by atoms with Gasteiger partial charge in [-0.15, -0.1) is 24.8 Å². The van der Waals surface area contributed by atoms with E-state index in [1.807, 2.05) is 0 Å². The molecule has 4 N–H and O–H groups in total. The van der Waals surface area contributed by atoms with E-state index in [9.17, 15) is 13.2 Å². The van der Waals surface area contributed by atoms with Gasteiger partial charge in [-0.25, -0.2) is 0 Å². The largest absolute Gasteiger partial charge is 0.415 e. The molecule has 3 nitrogen and oxygen atoms in total. The second kappa shape index (κ2) is 6.93. The van der Waals surface area contributed by atoms with Crippen LogP contribution in [0.25, 0.3) is 0 Å². The van der Waals surface area contributed by atoms with Crippen LogP contribution in [0.15, 0.2) is 0 Å². The van der Waals surface area contributed by atoms with Crippen LogP contribution >= 0.6 is 24.8 Å². The third-order valence-corrected chi connectivity index (χ3v) is 0.689. The van der Waals surface area contributed by atoms with Gasteiger partial charge in [0.1, 0.15) is 0 Å². The summed E-state index contributed by atoms with van der Waals surface area (Å²) in [6.45, 7) is -0.677. The van der Waals surface area contributed by atoms with Crippen molar-refractivity contribution in [3.8, 4) is 0 Å². The number of halogens is 5. The van der Waals surface area contributed by atoms with E-state index < -0.39 is 18.8 Å². The number of nitrogens with one attached hydrogen (secondary N) is 1. The van der Waals surface area contributed by atoms with Crippen LogP contribution in [0.3, 0.4) is 0 Å². The molecule has 0 saturated heterocycles. The molecule has 0 aromatic rings. The molecule has 0 aliphatic heterocycles. The lowest BCUT2D eigenvalue weighted by Crippen LogP contribution is -2.40. The highest BCUT2D eigenvalue weighted by Crippen LogP contribution is 2.18. The van der Waals surface area contributed by atoms with Crippen LogP contribution < -0.4 is 11.3 Å². The maximum Gasteiger partial charge on any atom is 0.415 e. The van der Waals surface area contributed by atoms with Gasteiger partial charge in [0.15, 0.2) is 6.10 Å². The fourth-order valence-electron chi connectivity index (χ4n) is 0.227. The van der Waals surface area contributed by atoms with Crippen molar-refractivity contribution in [2.24, 2.45) is 5.84 Å². The predicted octanol–water partition coefficient (Wildman–Crippen LogP) is 0.217. The first kappa shape index (κ1) is 17.4. The molecule has 72 valence electrons. The van der Waals surface area contributed by atoms with E-state index in [1.165, 1.54) is 0 Å². The van der Waals surface area contributed by atoms with Gasteiger partial charge in [-0.3, -0.25) is 11.3 Å². The molecule has 0 bridgehead atoms. The Morgan fingerprint density at radius 1 is 1.36 bits per heavy atom. The zero-order chi connectivity index (χ0) is 7.49. The Balaban J connectivity index is -0.000000320. The Bertz CT molecular complexity index is 91.1. The van der Waals surface area contributed by atoms with E-state index in [1.54, 1.807) is 5.43 Å². The molecule has 0 spiro atoms. The fourth-order valence-corrected chi connectivity index (χ4v) is 0.227. The molecule has 0 amide bonds. The van der Waals surface area contributed by atoms with Gasteiger partial charge in [0, 0.05) is 6.54 Å². The Kier molecular flexibility index (Phi) is 10.9. The standard InChI is InChI=1S/C3H7F3N2O.2ClH/c4-3(5,6)2(9)1-8-7;;/h2,8-9H,1,7H2;2*1H. The summed E-state index contributed by atoms with van der Waals surface area (Å²) in [5, 5.41) is 8.12. The Morgan fingerprint density at radius 2 is 1.73 bits per heavy atom. The van der Waals surface area contributed by atoms with Crippen LogP contribution in [-0.2, 0) is 0 Å². The summed E-state index contributed by atoms with van der Waals surface area (Å²) in [5.74, 6) is 4.52. The highest BCUT2D eigenvalue weighted by atomic mass is 35.5. The smallest absolute Gasteiger partial charge is 0.382 e. The number of nitrogens with two attached hydrogens (primary N) is 1. The normalized spacial score (nSPS) is 12.8. The lowest BCUT2D eigenvalue weighted by atomic mass is 10.3. The molecule has 0 aromatic carbocycles. The highest BCUT2D eigenvalue weighted by molar-refractivity contribution is 5.85. The zero-order valence-corrected chi connectivity index (χ0v) is 6.89. The van der Waals surface area contributed by atoms with Crippen LogP contribution in [0.4, 0.5) is 13.2 Å². The van der Waals surface area contributed by atoms with E-state index in [-0.39, 0.29) is 24.8 Å². The number of aliphatic hydroxyl groups excluding tert-OH is 1. The van der Waals surface area contributed by atoms with Gasteiger partial charge >= 0.3 is 6.18 Å². The van der Waals surface area contributed by atoms with Crippen molar-refractivity contribution in [1.82, 2.24) is 5.43 Å². The van der Waals surface area contributed by atoms with Crippen LogP contribution in [0.2, 0.25) is 0 Å². The number of hydrogen-bond acceptors (Lipinski definition) is 3.